The Hall–Kier alpha value is -1.01. The lowest BCUT2D eigenvalue weighted by molar-refractivity contribution is 0.0921. The molecule has 1 saturated heterocycles. The topological polar surface area (TPSA) is 70.6 Å². The van der Waals surface area contributed by atoms with Crippen molar-refractivity contribution in [3.05, 3.63) is 28.8 Å². The van der Waals surface area contributed by atoms with Crippen LogP contribution in [0.2, 0.25) is 5.02 Å². The van der Waals surface area contributed by atoms with E-state index in [1.165, 1.54) is 0 Å². The van der Waals surface area contributed by atoms with Gasteiger partial charge in [0.15, 0.2) is 0 Å². The van der Waals surface area contributed by atoms with E-state index in [1.54, 1.807) is 18.2 Å². The highest BCUT2D eigenvalue weighted by molar-refractivity contribution is 6.31. The third kappa shape index (κ3) is 5.02. The summed E-state index contributed by atoms with van der Waals surface area (Å²) in [4.78, 5) is 12.3. The van der Waals surface area contributed by atoms with Gasteiger partial charge in [-0.05, 0) is 32.0 Å². The normalized spacial score (nSPS) is 20.6. The number of amides is 1. The largest absolute Gasteiger partial charge is 0.490 e. The van der Waals surface area contributed by atoms with E-state index in [0.717, 1.165) is 0 Å². The van der Waals surface area contributed by atoms with E-state index in [4.69, 9.17) is 16.3 Å². The molecule has 3 N–H and O–H groups in total. The van der Waals surface area contributed by atoms with Gasteiger partial charge in [0.25, 0.3) is 5.91 Å². The van der Waals surface area contributed by atoms with Crippen molar-refractivity contribution in [1.29, 1.82) is 0 Å². The maximum Gasteiger partial charge on any atom is 0.255 e. The number of carbonyl (C=O) groups is 1. The minimum absolute atomic E-state index is 0. The lowest BCUT2D eigenvalue weighted by atomic mass is 10.1. The Balaban J connectivity index is 0.00000242. The third-order valence-corrected chi connectivity index (χ3v) is 3.61. The average molecular weight is 349 g/mol. The fraction of sp³-hybridized carbons (Fsp3) is 0.533. The van der Waals surface area contributed by atoms with Crippen LogP contribution in [0.3, 0.4) is 0 Å². The van der Waals surface area contributed by atoms with Crippen LogP contribution in [0.5, 0.6) is 5.75 Å². The van der Waals surface area contributed by atoms with E-state index < -0.39 is 6.10 Å². The van der Waals surface area contributed by atoms with Crippen molar-refractivity contribution in [2.24, 2.45) is 5.92 Å². The Kier molecular flexibility index (Phi) is 7.42. The molecule has 124 valence electrons. The second kappa shape index (κ2) is 8.58. The molecule has 1 aliphatic rings. The van der Waals surface area contributed by atoms with Gasteiger partial charge in [0.2, 0.25) is 0 Å². The first-order chi connectivity index (χ1) is 9.97. The van der Waals surface area contributed by atoms with Crippen molar-refractivity contribution >= 4 is 29.9 Å². The van der Waals surface area contributed by atoms with Gasteiger partial charge in [-0.3, -0.25) is 4.79 Å². The number of ether oxygens (including phenoxy) is 1. The summed E-state index contributed by atoms with van der Waals surface area (Å²) in [7, 11) is 0. The molecular formula is C15H22Cl2N2O3. The van der Waals surface area contributed by atoms with Gasteiger partial charge in [-0.25, -0.2) is 0 Å². The summed E-state index contributed by atoms with van der Waals surface area (Å²) in [5.74, 6) is 0.298. The van der Waals surface area contributed by atoms with E-state index in [1.807, 2.05) is 13.8 Å². The van der Waals surface area contributed by atoms with Crippen LogP contribution in [0.4, 0.5) is 0 Å². The maximum absolute atomic E-state index is 12.3. The van der Waals surface area contributed by atoms with E-state index in [2.05, 4.69) is 10.6 Å². The Morgan fingerprint density at radius 2 is 2.23 bits per heavy atom. The minimum Gasteiger partial charge on any atom is -0.490 e. The second-order valence-corrected chi connectivity index (χ2v) is 5.94. The average Bonchev–Trinajstić information content (AvgIpc) is 2.83. The molecule has 0 aliphatic carbocycles. The summed E-state index contributed by atoms with van der Waals surface area (Å²) >= 11 is 5.96. The molecule has 22 heavy (non-hydrogen) atoms. The number of hydrogen-bond donors (Lipinski definition) is 3. The minimum atomic E-state index is -0.420. The Bertz CT molecular complexity index is 512. The number of benzene rings is 1. The molecule has 0 bridgehead atoms. The number of nitrogens with one attached hydrogen (secondary N) is 2. The molecule has 2 rings (SSSR count). The fourth-order valence-electron chi connectivity index (χ4n) is 2.28. The summed E-state index contributed by atoms with van der Waals surface area (Å²) in [6.45, 7) is 5.49. The van der Waals surface area contributed by atoms with Gasteiger partial charge in [-0.2, -0.15) is 0 Å². The third-order valence-electron chi connectivity index (χ3n) is 3.38. The van der Waals surface area contributed by atoms with Crippen LogP contribution in [0.15, 0.2) is 18.2 Å². The number of rotatable bonds is 5. The standard InChI is InChI=1S/C15H21ClN2O3.ClH/c1-9(2)21-14-4-3-11(16)5-12(14)15(20)18-7-10-6-17-8-13(10)19;/h3-5,9-10,13,17,19H,6-8H2,1-2H3,(H,18,20);1H. The Morgan fingerprint density at radius 1 is 1.50 bits per heavy atom. The number of hydrogen-bond acceptors (Lipinski definition) is 4. The van der Waals surface area contributed by atoms with Gasteiger partial charge in [-0.1, -0.05) is 11.6 Å². The first-order valence-electron chi connectivity index (χ1n) is 7.10. The highest BCUT2D eigenvalue weighted by atomic mass is 35.5. The van der Waals surface area contributed by atoms with Crippen LogP contribution >= 0.6 is 24.0 Å². The van der Waals surface area contributed by atoms with Crippen molar-refractivity contribution in [1.82, 2.24) is 10.6 Å². The van der Waals surface area contributed by atoms with E-state index in [-0.39, 0.29) is 30.3 Å². The lowest BCUT2D eigenvalue weighted by Crippen LogP contribution is -2.34. The number of aliphatic hydroxyl groups is 1. The van der Waals surface area contributed by atoms with Gasteiger partial charge in [0, 0.05) is 30.6 Å². The summed E-state index contributed by atoms with van der Waals surface area (Å²) in [5, 5.41) is 16.1. The first-order valence-corrected chi connectivity index (χ1v) is 7.48. The van der Waals surface area contributed by atoms with Crippen LogP contribution in [0.25, 0.3) is 0 Å². The predicted octanol–water partition coefficient (Wildman–Crippen LogP) is 1.86. The molecule has 2 atom stereocenters. The van der Waals surface area contributed by atoms with Gasteiger partial charge in [0.1, 0.15) is 5.75 Å². The molecule has 1 aromatic carbocycles. The van der Waals surface area contributed by atoms with Crippen LogP contribution in [0.1, 0.15) is 24.2 Å². The number of halogens is 2. The highest BCUT2D eigenvalue weighted by Gasteiger charge is 2.25. The molecule has 7 heteroatoms. The molecule has 1 amide bonds. The summed E-state index contributed by atoms with van der Waals surface area (Å²) in [5.41, 5.74) is 0.414. The molecule has 1 aliphatic heterocycles. The monoisotopic (exact) mass is 348 g/mol. The zero-order valence-corrected chi connectivity index (χ0v) is 14.2. The second-order valence-electron chi connectivity index (χ2n) is 5.50. The van der Waals surface area contributed by atoms with Crippen molar-refractivity contribution in [2.45, 2.75) is 26.1 Å². The SMILES string of the molecule is CC(C)Oc1ccc(Cl)cc1C(=O)NCC1CNCC1O.Cl. The zero-order chi connectivity index (χ0) is 15.4. The van der Waals surface area contributed by atoms with Crippen LogP contribution < -0.4 is 15.4 Å². The van der Waals surface area contributed by atoms with Crippen molar-refractivity contribution < 1.29 is 14.6 Å². The van der Waals surface area contributed by atoms with Crippen LogP contribution in [0, 0.1) is 5.92 Å². The molecule has 1 heterocycles. The van der Waals surface area contributed by atoms with Crippen molar-refractivity contribution in [3.8, 4) is 5.75 Å². The Morgan fingerprint density at radius 3 is 2.82 bits per heavy atom. The number of aliphatic hydroxyl groups excluding tert-OH is 1. The molecule has 1 fully saturated rings. The van der Waals surface area contributed by atoms with E-state index in [0.29, 0.717) is 36.0 Å². The van der Waals surface area contributed by atoms with E-state index in [9.17, 15) is 9.90 Å². The van der Waals surface area contributed by atoms with Gasteiger partial charge in [0.05, 0.1) is 17.8 Å². The molecule has 0 saturated carbocycles. The summed E-state index contributed by atoms with van der Waals surface area (Å²) in [6.07, 6.45) is -0.449. The molecular weight excluding hydrogens is 327 g/mol. The lowest BCUT2D eigenvalue weighted by Gasteiger charge is -2.17. The summed E-state index contributed by atoms with van der Waals surface area (Å²) < 4.78 is 5.63. The van der Waals surface area contributed by atoms with Crippen molar-refractivity contribution in [2.75, 3.05) is 19.6 Å². The maximum atomic E-state index is 12.3. The fourth-order valence-corrected chi connectivity index (χ4v) is 2.45. The number of carbonyl (C=O) groups excluding carboxylic acids is 1. The molecule has 0 radical (unpaired) electrons. The van der Waals surface area contributed by atoms with Crippen molar-refractivity contribution in [3.63, 3.8) is 0 Å². The Labute approximate surface area is 141 Å². The zero-order valence-electron chi connectivity index (χ0n) is 12.6. The molecule has 1 aromatic rings. The number of β-amino-alcohol motifs (C(OH)–C–C–N with tert-alkyl or cyclic N) is 1. The van der Waals surface area contributed by atoms with Crippen LogP contribution in [-0.2, 0) is 0 Å². The first kappa shape index (κ1) is 19.0. The highest BCUT2D eigenvalue weighted by Crippen LogP contribution is 2.24. The smallest absolute Gasteiger partial charge is 0.255 e. The van der Waals surface area contributed by atoms with Gasteiger partial charge in [-0.15, -0.1) is 12.4 Å². The summed E-state index contributed by atoms with van der Waals surface area (Å²) in [6, 6.07) is 4.99. The van der Waals surface area contributed by atoms with E-state index >= 15 is 0 Å². The van der Waals surface area contributed by atoms with Gasteiger partial charge >= 0.3 is 0 Å². The molecule has 0 aromatic heterocycles. The van der Waals surface area contributed by atoms with Crippen LogP contribution in [-0.4, -0.2) is 42.9 Å². The molecule has 0 spiro atoms. The quantitative estimate of drug-likeness (QED) is 0.759. The van der Waals surface area contributed by atoms with Gasteiger partial charge < -0.3 is 20.5 Å². The molecule has 2 unspecified atom stereocenters. The predicted molar refractivity (Wildman–Crippen MR) is 89.2 cm³/mol. The molecule has 5 nitrogen and oxygen atoms in total.